The Hall–Kier alpha value is -0.750. The van der Waals surface area contributed by atoms with Gasteiger partial charge in [-0.1, -0.05) is 0 Å². The van der Waals surface area contributed by atoms with Gasteiger partial charge in [0, 0.05) is 0 Å². The van der Waals surface area contributed by atoms with Crippen molar-refractivity contribution in [1.82, 2.24) is 5.48 Å². The molecule has 0 heterocycles. The maximum atomic E-state index is 12.3. The van der Waals surface area contributed by atoms with E-state index in [1.165, 1.54) is 12.4 Å². The molecule has 0 saturated heterocycles. The lowest BCUT2D eigenvalue weighted by Crippen LogP contribution is -2.40. The molecule has 0 radical (unpaired) electrons. The number of hydrogen-bond acceptors (Lipinski definition) is 4. The molecule has 11 heavy (non-hydrogen) atoms. The van der Waals surface area contributed by atoms with Gasteiger partial charge in [-0.2, -0.15) is 14.3 Å². The van der Waals surface area contributed by atoms with Gasteiger partial charge in [-0.25, -0.2) is 4.79 Å². The minimum Gasteiger partial charge on any atom is -0.462 e. The largest absolute Gasteiger partial charge is 0.462 e. The van der Waals surface area contributed by atoms with E-state index in [0.29, 0.717) is 0 Å². The average Bonchev–Trinajstić information content (AvgIpc) is 1.88. The van der Waals surface area contributed by atoms with E-state index in [0.717, 1.165) is 0 Å². The summed E-state index contributed by atoms with van der Waals surface area (Å²) in [6.45, 7) is 0.173. The van der Waals surface area contributed by atoms with Crippen LogP contribution in [-0.2, 0) is 9.53 Å². The van der Waals surface area contributed by atoms with Gasteiger partial charge in [0.2, 0.25) is 0 Å². The number of hydroxylamine groups is 1. The van der Waals surface area contributed by atoms with Gasteiger partial charge < -0.3 is 9.94 Å². The summed E-state index contributed by atoms with van der Waals surface area (Å²) >= 11 is 0. The Morgan fingerprint density at radius 1 is 1.73 bits per heavy atom. The molecule has 4 nitrogen and oxygen atoms in total. The van der Waals surface area contributed by atoms with Crippen molar-refractivity contribution in [2.45, 2.75) is 12.8 Å². The number of halogens is 2. The highest BCUT2D eigenvalue weighted by Gasteiger charge is 2.40. The third-order valence-corrected chi connectivity index (χ3v) is 0.875. The molecule has 0 fully saturated rings. The monoisotopic (exact) mass is 169 g/mol. The molecule has 2 N–H and O–H groups in total. The summed E-state index contributed by atoms with van der Waals surface area (Å²) in [7, 11) is 0. The fourth-order valence-corrected chi connectivity index (χ4v) is 0.408. The van der Waals surface area contributed by atoms with E-state index in [-0.39, 0.29) is 6.61 Å². The van der Waals surface area contributed by atoms with Crippen molar-refractivity contribution in [1.29, 1.82) is 0 Å². The summed E-state index contributed by atoms with van der Waals surface area (Å²) in [6.07, 6.45) is 0. The Morgan fingerprint density at radius 3 is 2.64 bits per heavy atom. The number of ether oxygens (including phenoxy) is 1. The highest BCUT2D eigenvalue weighted by Crippen LogP contribution is 2.13. The second-order valence-corrected chi connectivity index (χ2v) is 1.76. The predicted octanol–water partition coefficient (Wildman–Crippen LogP) is 0.164. The Labute approximate surface area is 62.1 Å². The minimum atomic E-state index is -3.66. The summed E-state index contributed by atoms with van der Waals surface area (Å²) in [4.78, 5) is 10.3. The number of nitrogens with one attached hydrogen (secondary N) is 1. The third-order valence-electron chi connectivity index (χ3n) is 0.875. The highest BCUT2D eigenvalue weighted by atomic mass is 19.3. The first-order valence-electron chi connectivity index (χ1n) is 2.96. The van der Waals surface area contributed by atoms with Crippen LogP contribution in [0.25, 0.3) is 0 Å². The summed E-state index contributed by atoms with van der Waals surface area (Å²) in [5.74, 6) is -5.30. The molecule has 0 saturated carbocycles. The Kier molecular flexibility index (Phi) is 3.91. The number of carbonyl (C=O) groups excluding carboxylic acids is 1. The van der Waals surface area contributed by atoms with Crippen molar-refractivity contribution < 1.29 is 23.5 Å². The maximum Gasteiger partial charge on any atom is 0.378 e. The second-order valence-electron chi connectivity index (χ2n) is 1.76. The molecule has 0 aliphatic heterocycles. The summed E-state index contributed by atoms with van der Waals surface area (Å²) in [6, 6.07) is 0. The Balaban J connectivity index is 3.94. The Morgan fingerprint density at radius 2 is 2.27 bits per heavy atom. The topological polar surface area (TPSA) is 58.6 Å². The van der Waals surface area contributed by atoms with E-state index in [9.17, 15) is 13.6 Å². The van der Waals surface area contributed by atoms with Gasteiger partial charge in [0.15, 0.2) is 0 Å². The smallest absolute Gasteiger partial charge is 0.378 e. The lowest BCUT2D eigenvalue weighted by molar-refractivity contribution is -0.173. The maximum absolute atomic E-state index is 12.3. The molecular weight excluding hydrogens is 160 g/mol. The summed E-state index contributed by atoms with van der Waals surface area (Å²) < 4.78 is 28.6. The number of rotatable bonds is 4. The van der Waals surface area contributed by atoms with Gasteiger partial charge in [-0.05, 0) is 6.92 Å². The van der Waals surface area contributed by atoms with Crippen molar-refractivity contribution in [3.8, 4) is 0 Å². The number of carbonyl (C=O) groups is 1. The number of hydrogen-bond donors (Lipinski definition) is 2. The second kappa shape index (κ2) is 4.20. The van der Waals surface area contributed by atoms with E-state index in [1.54, 1.807) is 0 Å². The quantitative estimate of drug-likeness (QED) is 0.465. The summed E-state index contributed by atoms with van der Waals surface area (Å²) in [5, 5.41) is 7.88. The van der Waals surface area contributed by atoms with Crippen LogP contribution < -0.4 is 5.48 Å². The predicted molar refractivity (Wildman–Crippen MR) is 31.4 cm³/mol. The molecule has 0 rings (SSSR count). The van der Waals surface area contributed by atoms with E-state index in [1.807, 2.05) is 0 Å². The molecular formula is C5H9F2NO3. The van der Waals surface area contributed by atoms with Crippen LogP contribution >= 0.6 is 0 Å². The van der Waals surface area contributed by atoms with Crippen molar-refractivity contribution in [3.63, 3.8) is 0 Å². The molecule has 0 unspecified atom stereocenters. The van der Waals surface area contributed by atoms with Crippen LogP contribution in [0.4, 0.5) is 8.78 Å². The molecule has 6 heteroatoms. The molecule has 0 bridgehead atoms. The molecule has 0 aromatic rings. The van der Waals surface area contributed by atoms with Gasteiger partial charge in [-0.3, -0.25) is 0 Å². The van der Waals surface area contributed by atoms with Crippen LogP contribution in [0.5, 0.6) is 0 Å². The lowest BCUT2D eigenvalue weighted by Gasteiger charge is -2.12. The van der Waals surface area contributed by atoms with Crippen LogP contribution in [-0.4, -0.2) is 30.3 Å². The molecule has 66 valence electrons. The van der Waals surface area contributed by atoms with Gasteiger partial charge in [0.1, 0.15) is 0 Å². The van der Waals surface area contributed by atoms with Crippen molar-refractivity contribution in [2.75, 3.05) is 13.2 Å². The van der Waals surface area contributed by atoms with Crippen LogP contribution in [0.1, 0.15) is 6.92 Å². The normalized spacial score (nSPS) is 11.3. The zero-order valence-corrected chi connectivity index (χ0v) is 5.93. The van der Waals surface area contributed by atoms with Gasteiger partial charge in [0.05, 0.1) is 13.2 Å². The molecule has 0 amide bonds. The molecule has 0 aromatic carbocycles. The van der Waals surface area contributed by atoms with Crippen LogP contribution in [0.3, 0.4) is 0 Å². The van der Waals surface area contributed by atoms with E-state index >= 15 is 0 Å². The molecule has 0 aromatic heterocycles. The number of esters is 1. The Bertz CT molecular complexity index is 140. The fraction of sp³-hybridized carbons (Fsp3) is 0.800. The average molecular weight is 169 g/mol. The zero-order chi connectivity index (χ0) is 8.91. The van der Waals surface area contributed by atoms with E-state index in [4.69, 9.17) is 5.21 Å². The molecule has 0 spiro atoms. The third kappa shape index (κ3) is 3.24. The fourth-order valence-electron chi connectivity index (χ4n) is 0.408. The van der Waals surface area contributed by atoms with Crippen molar-refractivity contribution >= 4 is 5.97 Å². The SMILES string of the molecule is CCOC(=O)C(F)(F)CNO. The highest BCUT2D eigenvalue weighted by molar-refractivity contribution is 5.77. The first-order valence-corrected chi connectivity index (χ1v) is 2.96. The first-order chi connectivity index (χ1) is 5.04. The molecule has 0 aliphatic carbocycles. The van der Waals surface area contributed by atoms with Crippen molar-refractivity contribution in [3.05, 3.63) is 0 Å². The lowest BCUT2D eigenvalue weighted by atomic mass is 10.3. The summed E-state index contributed by atoms with van der Waals surface area (Å²) in [5.41, 5.74) is 1.20. The number of alkyl halides is 2. The standard InChI is InChI=1S/C5H9F2NO3/c1-2-11-4(9)5(6,7)3-8-10/h8,10H,2-3H2,1H3. The van der Waals surface area contributed by atoms with Crippen LogP contribution in [0.2, 0.25) is 0 Å². The van der Waals surface area contributed by atoms with Crippen molar-refractivity contribution in [2.24, 2.45) is 0 Å². The van der Waals surface area contributed by atoms with E-state index < -0.39 is 18.4 Å². The van der Waals surface area contributed by atoms with E-state index in [2.05, 4.69) is 4.74 Å². The minimum absolute atomic E-state index is 0.111. The first kappa shape index (κ1) is 10.2. The molecule has 0 aliphatic rings. The zero-order valence-electron chi connectivity index (χ0n) is 5.93. The molecule has 0 atom stereocenters. The van der Waals surface area contributed by atoms with Gasteiger partial charge in [-0.15, -0.1) is 0 Å². The van der Waals surface area contributed by atoms with Gasteiger partial charge in [0.25, 0.3) is 0 Å². The van der Waals surface area contributed by atoms with Crippen LogP contribution in [0.15, 0.2) is 0 Å². The van der Waals surface area contributed by atoms with Gasteiger partial charge >= 0.3 is 11.9 Å². The van der Waals surface area contributed by atoms with Crippen LogP contribution in [0, 0.1) is 0 Å².